The third kappa shape index (κ3) is 2.74. The maximum absolute atomic E-state index is 12.5. The summed E-state index contributed by atoms with van der Waals surface area (Å²) in [6.45, 7) is 3.53. The van der Waals surface area contributed by atoms with Crippen molar-refractivity contribution in [3.05, 3.63) is 17.0 Å². The second-order valence-electron chi connectivity index (χ2n) is 5.24. The van der Waals surface area contributed by atoms with Crippen molar-refractivity contribution < 1.29 is 24.6 Å². The van der Waals surface area contributed by atoms with Gasteiger partial charge in [-0.2, -0.15) is 5.10 Å². The Morgan fingerprint density at radius 1 is 1.19 bits per heavy atom. The standard InChI is InChI=1S/C13H17N3O5/c1-6-10(7(2)15-14-6)11(17)16-4-3-8(12(18)19)9(5-16)13(20)21/h8-9H,3-5H2,1-2H3,(H,14,15)(H,18,19)(H,20,21). The van der Waals surface area contributed by atoms with Gasteiger partial charge in [-0.15, -0.1) is 0 Å². The van der Waals surface area contributed by atoms with Crippen LogP contribution in [0.4, 0.5) is 0 Å². The average molecular weight is 295 g/mol. The van der Waals surface area contributed by atoms with Crippen LogP contribution in [0.3, 0.4) is 0 Å². The molecule has 3 N–H and O–H groups in total. The molecule has 1 fully saturated rings. The third-order valence-corrected chi connectivity index (χ3v) is 3.88. The molecule has 0 aliphatic carbocycles. The molecule has 114 valence electrons. The van der Waals surface area contributed by atoms with Gasteiger partial charge in [0.1, 0.15) is 0 Å². The number of carboxylic acids is 2. The minimum atomic E-state index is -1.19. The Hall–Kier alpha value is -2.38. The molecule has 2 unspecified atom stereocenters. The van der Waals surface area contributed by atoms with E-state index in [1.54, 1.807) is 13.8 Å². The molecule has 0 spiro atoms. The number of piperidine rings is 1. The van der Waals surface area contributed by atoms with Crippen molar-refractivity contribution in [3.63, 3.8) is 0 Å². The largest absolute Gasteiger partial charge is 0.481 e. The van der Waals surface area contributed by atoms with Crippen molar-refractivity contribution in [2.24, 2.45) is 11.8 Å². The lowest BCUT2D eigenvalue weighted by Gasteiger charge is -2.34. The van der Waals surface area contributed by atoms with Gasteiger partial charge in [-0.1, -0.05) is 0 Å². The molecule has 1 aliphatic heterocycles. The Balaban J connectivity index is 2.22. The number of hydrogen-bond donors (Lipinski definition) is 3. The van der Waals surface area contributed by atoms with Gasteiger partial charge in [0.25, 0.3) is 5.91 Å². The lowest BCUT2D eigenvalue weighted by atomic mass is 9.85. The molecule has 0 bridgehead atoms. The molecule has 1 aromatic heterocycles. The van der Waals surface area contributed by atoms with Gasteiger partial charge in [0.05, 0.1) is 23.1 Å². The first-order valence-electron chi connectivity index (χ1n) is 6.59. The van der Waals surface area contributed by atoms with E-state index in [4.69, 9.17) is 5.11 Å². The van der Waals surface area contributed by atoms with Crippen LogP contribution in [-0.4, -0.2) is 56.2 Å². The highest BCUT2D eigenvalue weighted by Crippen LogP contribution is 2.26. The molecule has 1 saturated heterocycles. The molecule has 1 aromatic rings. The summed E-state index contributed by atoms with van der Waals surface area (Å²) in [5.41, 5.74) is 1.59. The van der Waals surface area contributed by atoms with Crippen molar-refractivity contribution in [1.82, 2.24) is 15.1 Å². The van der Waals surface area contributed by atoms with Crippen LogP contribution < -0.4 is 0 Å². The number of aliphatic carboxylic acids is 2. The minimum Gasteiger partial charge on any atom is -0.481 e. The monoisotopic (exact) mass is 295 g/mol. The zero-order valence-corrected chi connectivity index (χ0v) is 11.8. The summed E-state index contributed by atoms with van der Waals surface area (Å²) in [7, 11) is 0. The van der Waals surface area contributed by atoms with Gasteiger partial charge in [0.15, 0.2) is 0 Å². The van der Waals surface area contributed by atoms with Gasteiger partial charge in [-0.05, 0) is 20.3 Å². The van der Waals surface area contributed by atoms with E-state index < -0.39 is 23.8 Å². The van der Waals surface area contributed by atoms with Crippen molar-refractivity contribution >= 4 is 17.8 Å². The Bertz CT molecular complexity index is 575. The fourth-order valence-electron chi connectivity index (χ4n) is 2.71. The first kappa shape index (κ1) is 15.0. The molecule has 1 amide bonds. The van der Waals surface area contributed by atoms with E-state index in [0.717, 1.165) is 0 Å². The zero-order chi connectivity index (χ0) is 15.7. The second-order valence-corrected chi connectivity index (χ2v) is 5.24. The highest BCUT2D eigenvalue weighted by atomic mass is 16.4. The van der Waals surface area contributed by atoms with Gasteiger partial charge in [-0.3, -0.25) is 19.5 Å². The summed E-state index contributed by atoms with van der Waals surface area (Å²) in [5, 5.41) is 24.9. The number of rotatable bonds is 3. The van der Waals surface area contributed by atoms with Crippen LogP contribution in [0.15, 0.2) is 0 Å². The van der Waals surface area contributed by atoms with E-state index in [9.17, 15) is 19.5 Å². The van der Waals surface area contributed by atoms with Gasteiger partial charge in [-0.25, -0.2) is 0 Å². The molecule has 21 heavy (non-hydrogen) atoms. The van der Waals surface area contributed by atoms with Crippen LogP contribution in [0.5, 0.6) is 0 Å². The molecule has 0 saturated carbocycles. The van der Waals surface area contributed by atoms with Crippen LogP contribution in [0.1, 0.15) is 28.2 Å². The molecule has 2 rings (SSSR count). The highest BCUT2D eigenvalue weighted by molar-refractivity contribution is 5.97. The van der Waals surface area contributed by atoms with E-state index in [1.807, 2.05) is 0 Å². The number of aryl methyl sites for hydroxylation is 2. The first-order chi connectivity index (χ1) is 9.82. The highest BCUT2D eigenvalue weighted by Gasteiger charge is 2.40. The number of carbonyl (C=O) groups excluding carboxylic acids is 1. The van der Waals surface area contributed by atoms with Gasteiger partial charge in [0.2, 0.25) is 0 Å². The lowest BCUT2D eigenvalue weighted by molar-refractivity contribution is -0.156. The summed E-state index contributed by atoms with van der Waals surface area (Å²) in [5.74, 6) is -4.69. The van der Waals surface area contributed by atoms with Crippen LogP contribution in [0.25, 0.3) is 0 Å². The number of likely N-dealkylation sites (tertiary alicyclic amines) is 1. The van der Waals surface area contributed by atoms with Gasteiger partial charge in [0, 0.05) is 18.8 Å². The predicted octanol–water partition coefficient (Wildman–Crippen LogP) is 0.274. The van der Waals surface area contributed by atoms with Crippen LogP contribution in [0, 0.1) is 25.7 Å². The predicted molar refractivity (Wildman–Crippen MR) is 70.8 cm³/mol. The molecule has 2 heterocycles. The number of nitrogens with one attached hydrogen (secondary N) is 1. The summed E-state index contributed by atoms with van der Waals surface area (Å²) >= 11 is 0. The molecule has 8 heteroatoms. The maximum atomic E-state index is 12.5. The number of nitrogens with zero attached hydrogens (tertiary/aromatic N) is 2. The lowest BCUT2D eigenvalue weighted by Crippen LogP contribution is -2.48. The molecule has 8 nitrogen and oxygen atoms in total. The summed E-state index contributed by atoms with van der Waals surface area (Å²) < 4.78 is 0. The van der Waals surface area contributed by atoms with Gasteiger partial charge >= 0.3 is 11.9 Å². The number of amides is 1. The SMILES string of the molecule is Cc1n[nH]c(C)c1C(=O)N1CCC(C(=O)O)C(C(=O)O)C1. The van der Waals surface area contributed by atoms with E-state index in [-0.39, 0.29) is 25.4 Å². The Kier molecular flexibility index (Phi) is 3.97. The number of carboxylic acid groups (broad SMARTS) is 2. The fraction of sp³-hybridized carbons (Fsp3) is 0.538. The Morgan fingerprint density at radius 2 is 1.81 bits per heavy atom. The van der Waals surface area contributed by atoms with Crippen molar-refractivity contribution in [3.8, 4) is 0 Å². The summed E-state index contributed by atoms with van der Waals surface area (Å²) in [6.07, 6.45) is 0.133. The Morgan fingerprint density at radius 3 is 2.29 bits per heavy atom. The molecular formula is C13H17N3O5. The smallest absolute Gasteiger partial charge is 0.309 e. The van der Waals surface area contributed by atoms with Crippen molar-refractivity contribution in [2.45, 2.75) is 20.3 Å². The number of H-pyrrole nitrogens is 1. The average Bonchev–Trinajstić information content (AvgIpc) is 2.76. The Labute approximate surface area is 120 Å². The van der Waals surface area contributed by atoms with Crippen LogP contribution >= 0.6 is 0 Å². The van der Waals surface area contributed by atoms with E-state index >= 15 is 0 Å². The molecule has 2 atom stereocenters. The topological polar surface area (TPSA) is 124 Å². The summed E-state index contributed by atoms with van der Waals surface area (Å²) in [6, 6.07) is 0. The third-order valence-electron chi connectivity index (χ3n) is 3.88. The minimum absolute atomic E-state index is 0.102. The van der Waals surface area contributed by atoms with Crippen molar-refractivity contribution in [2.75, 3.05) is 13.1 Å². The number of aromatic amines is 1. The molecule has 0 radical (unpaired) electrons. The normalized spacial score (nSPS) is 22.1. The zero-order valence-electron chi connectivity index (χ0n) is 11.8. The van der Waals surface area contributed by atoms with Crippen LogP contribution in [-0.2, 0) is 9.59 Å². The number of carbonyl (C=O) groups is 3. The van der Waals surface area contributed by atoms with E-state index in [0.29, 0.717) is 17.0 Å². The molecule has 0 aromatic carbocycles. The quantitative estimate of drug-likeness (QED) is 0.735. The van der Waals surface area contributed by atoms with Crippen LogP contribution in [0.2, 0.25) is 0 Å². The molecule has 1 aliphatic rings. The molecular weight excluding hydrogens is 278 g/mol. The van der Waals surface area contributed by atoms with Crippen molar-refractivity contribution in [1.29, 1.82) is 0 Å². The van der Waals surface area contributed by atoms with Gasteiger partial charge < -0.3 is 15.1 Å². The van der Waals surface area contributed by atoms with E-state index in [1.165, 1.54) is 4.90 Å². The second kappa shape index (κ2) is 5.55. The fourth-order valence-corrected chi connectivity index (χ4v) is 2.71. The summed E-state index contributed by atoms with van der Waals surface area (Å²) in [4.78, 5) is 36.2. The maximum Gasteiger partial charge on any atom is 0.309 e. The first-order valence-corrected chi connectivity index (χ1v) is 6.59. The number of hydrogen-bond acceptors (Lipinski definition) is 4. The van der Waals surface area contributed by atoms with E-state index in [2.05, 4.69) is 10.2 Å². The number of aromatic nitrogens is 2.